The van der Waals surface area contributed by atoms with Gasteiger partial charge in [0.2, 0.25) is 0 Å². The van der Waals surface area contributed by atoms with E-state index in [2.05, 4.69) is 20.9 Å². The maximum atomic E-state index is 14.0. The maximum Gasteiger partial charge on any atom is 0.339 e. The number of aromatic carboxylic acids is 1. The van der Waals surface area contributed by atoms with E-state index in [0.29, 0.717) is 0 Å². The van der Waals surface area contributed by atoms with E-state index in [1.165, 1.54) is 30.6 Å². The van der Waals surface area contributed by atoms with Crippen LogP contribution in [0, 0.1) is 17.1 Å². The van der Waals surface area contributed by atoms with Crippen LogP contribution >= 0.6 is 15.9 Å². The minimum Gasteiger partial charge on any atom is -0.478 e. The molecule has 0 unspecified atom stereocenters. The number of pyridine rings is 1. The molecule has 1 aromatic heterocycles. The number of nitrogens with zero attached hydrogens (tertiary/aromatic N) is 2. The highest BCUT2D eigenvalue weighted by molar-refractivity contribution is 9.10. The Labute approximate surface area is 121 Å². The molecular weight excluding hydrogens is 331 g/mol. The second-order valence-electron chi connectivity index (χ2n) is 3.63. The summed E-state index contributed by atoms with van der Waals surface area (Å²) in [6, 6.07) is 5.66. The third kappa shape index (κ3) is 2.60. The second-order valence-corrected chi connectivity index (χ2v) is 4.42. The molecule has 0 saturated heterocycles. The van der Waals surface area contributed by atoms with E-state index >= 15 is 0 Å². The van der Waals surface area contributed by atoms with Gasteiger partial charge in [-0.05, 0) is 34.1 Å². The van der Waals surface area contributed by atoms with Crippen LogP contribution in [0.3, 0.4) is 0 Å². The first-order valence-corrected chi connectivity index (χ1v) is 6.07. The van der Waals surface area contributed by atoms with Gasteiger partial charge in [-0.1, -0.05) is 0 Å². The summed E-state index contributed by atoms with van der Waals surface area (Å²) in [5.74, 6) is -2.29. The SMILES string of the molecule is N#Cc1ccc(Oc2cnccc2C(=O)O)c(F)c1Br. The molecule has 1 N–H and O–H groups in total. The van der Waals surface area contributed by atoms with E-state index in [0.717, 1.165) is 0 Å². The van der Waals surface area contributed by atoms with Crippen molar-refractivity contribution in [3.8, 4) is 17.6 Å². The molecule has 2 aromatic rings. The van der Waals surface area contributed by atoms with Gasteiger partial charge < -0.3 is 9.84 Å². The van der Waals surface area contributed by atoms with Crippen molar-refractivity contribution in [2.45, 2.75) is 0 Å². The van der Waals surface area contributed by atoms with E-state index in [1.807, 2.05) is 6.07 Å². The predicted octanol–water partition coefficient (Wildman–Crippen LogP) is 3.35. The highest BCUT2D eigenvalue weighted by Crippen LogP contribution is 2.32. The fraction of sp³-hybridized carbons (Fsp3) is 0. The largest absolute Gasteiger partial charge is 0.478 e. The normalized spacial score (nSPS) is 9.85. The van der Waals surface area contributed by atoms with Gasteiger partial charge in [0.1, 0.15) is 11.6 Å². The van der Waals surface area contributed by atoms with Gasteiger partial charge in [0.05, 0.1) is 16.2 Å². The molecule has 1 heterocycles. The number of ether oxygens (including phenoxy) is 1. The number of halogens is 2. The minimum absolute atomic E-state index is 0.0433. The zero-order chi connectivity index (χ0) is 14.7. The van der Waals surface area contributed by atoms with Gasteiger partial charge in [0.25, 0.3) is 0 Å². The fourth-order valence-corrected chi connectivity index (χ4v) is 1.87. The zero-order valence-electron chi connectivity index (χ0n) is 9.80. The molecule has 0 aliphatic heterocycles. The van der Waals surface area contributed by atoms with Crippen LogP contribution in [0.1, 0.15) is 15.9 Å². The lowest BCUT2D eigenvalue weighted by atomic mass is 10.2. The molecule has 20 heavy (non-hydrogen) atoms. The topological polar surface area (TPSA) is 83.2 Å². The Kier molecular flexibility index (Phi) is 3.96. The smallest absolute Gasteiger partial charge is 0.339 e. The van der Waals surface area contributed by atoms with E-state index in [4.69, 9.17) is 15.1 Å². The fourth-order valence-electron chi connectivity index (χ4n) is 1.45. The third-order valence-corrected chi connectivity index (χ3v) is 3.18. The van der Waals surface area contributed by atoms with Crippen molar-refractivity contribution < 1.29 is 19.0 Å². The molecule has 0 spiro atoms. The molecule has 7 heteroatoms. The number of aromatic nitrogens is 1. The molecule has 5 nitrogen and oxygen atoms in total. The average molecular weight is 337 g/mol. The van der Waals surface area contributed by atoms with Crippen molar-refractivity contribution in [1.82, 2.24) is 4.98 Å². The molecule has 100 valence electrons. The molecule has 0 atom stereocenters. The van der Waals surface area contributed by atoms with Crippen LogP contribution in [0.2, 0.25) is 0 Å². The highest BCUT2D eigenvalue weighted by atomic mass is 79.9. The summed E-state index contributed by atoms with van der Waals surface area (Å²) in [6.07, 6.45) is 2.47. The summed E-state index contributed by atoms with van der Waals surface area (Å²) in [7, 11) is 0. The Morgan fingerprint density at radius 3 is 2.80 bits per heavy atom. The van der Waals surface area contributed by atoms with Gasteiger partial charge in [0, 0.05) is 6.20 Å². The first-order chi connectivity index (χ1) is 9.54. The van der Waals surface area contributed by atoms with Crippen molar-refractivity contribution in [2.24, 2.45) is 0 Å². The van der Waals surface area contributed by atoms with Crippen molar-refractivity contribution in [2.75, 3.05) is 0 Å². The van der Waals surface area contributed by atoms with Gasteiger partial charge in [0.15, 0.2) is 17.3 Å². The summed E-state index contributed by atoms with van der Waals surface area (Å²) < 4.78 is 19.2. The lowest BCUT2D eigenvalue weighted by molar-refractivity contribution is 0.0694. The van der Waals surface area contributed by atoms with E-state index in [9.17, 15) is 9.18 Å². The summed E-state index contributed by atoms with van der Waals surface area (Å²) in [4.78, 5) is 14.7. The molecule has 0 amide bonds. The molecule has 0 saturated carbocycles. The highest BCUT2D eigenvalue weighted by Gasteiger charge is 2.16. The average Bonchev–Trinajstić information content (AvgIpc) is 2.44. The lowest BCUT2D eigenvalue weighted by Crippen LogP contribution is -2.01. The Hall–Kier alpha value is -2.46. The number of carboxylic acids is 1. The maximum absolute atomic E-state index is 14.0. The number of hydrogen-bond acceptors (Lipinski definition) is 4. The first kappa shape index (κ1) is 14.0. The van der Waals surface area contributed by atoms with Crippen LogP contribution in [-0.4, -0.2) is 16.1 Å². The molecule has 1 aromatic carbocycles. The van der Waals surface area contributed by atoms with Crippen LogP contribution in [-0.2, 0) is 0 Å². The molecule has 0 fully saturated rings. The summed E-state index contributed by atoms with van der Waals surface area (Å²) in [5, 5.41) is 17.8. The number of carboxylic acid groups (broad SMARTS) is 1. The van der Waals surface area contributed by atoms with Crippen LogP contribution in [0.25, 0.3) is 0 Å². The summed E-state index contributed by atoms with van der Waals surface area (Å²) >= 11 is 2.94. The Morgan fingerprint density at radius 1 is 1.40 bits per heavy atom. The van der Waals surface area contributed by atoms with Gasteiger partial charge in [-0.15, -0.1) is 0 Å². The van der Waals surface area contributed by atoms with E-state index in [1.54, 1.807) is 0 Å². The van der Waals surface area contributed by atoms with Crippen LogP contribution < -0.4 is 4.74 Å². The monoisotopic (exact) mass is 336 g/mol. The molecule has 0 aliphatic rings. The molecule has 2 rings (SSSR count). The van der Waals surface area contributed by atoms with Crippen LogP contribution in [0.15, 0.2) is 35.1 Å². The van der Waals surface area contributed by atoms with Crippen molar-refractivity contribution in [1.29, 1.82) is 5.26 Å². The van der Waals surface area contributed by atoms with Gasteiger partial charge in [-0.25, -0.2) is 9.18 Å². The number of rotatable bonds is 3. The first-order valence-electron chi connectivity index (χ1n) is 5.28. The van der Waals surface area contributed by atoms with Crippen LogP contribution in [0.5, 0.6) is 11.5 Å². The summed E-state index contributed by atoms with van der Waals surface area (Å²) in [5.41, 5.74) is -0.0284. The standard InChI is InChI=1S/C13H6BrFN2O3/c14-11-7(5-16)1-2-9(12(11)15)20-10-6-17-4-3-8(10)13(18)19/h1-4,6H,(H,18,19). The molecule has 0 bridgehead atoms. The zero-order valence-corrected chi connectivity index (χ0v) is 11.4. The van der Waals surface area contributed by atoms with E-state index < -0.39 is 11.8 Å². The number of benzene rings is 1. The Bertz CT molecular complexity index is 728. The minimum atomic E-state index is -1.21. The van der Waals surface area contributed by atoms with Crippen LogP contribution in [0.4, 0.5) is 4.39 Å². The predicted molar refractivity (Wildman–Crippen MR) is 70.1 cm³/mol. The molecular formula is C13H6BrFN2O3. The number of carbonyl (C=O) groups is 1. The van der Waals surface area contributed by atoms with Crippen molar-refractivity contribution >= 4 is 21.9 Å². The Balaban J connectivity index is 2.44. The lowest BCUT2D eigenvalue weighted by Gasteiger charge is -2.10. The van der Waals surface area contributed by atoms with Gasteiger partial charge >= 0.3 is 5.97 Å². The van der Waals surface area contributed by atoms with E-state index in [-0.39, 0.29) is 27.1 Å². The summed E-state index contributed by atoms with van der Waals surface area (Å²) in [6.45, 7) is 0. The quantitative estimate of drug-likeness (QED) is 0.929. The molecule has 0 radical (unpaired) electrons. The Morgan fingerprint density at radius 2 is 2.15 bits per heavy atom. The number of hydrogen-bond donors (Lipinski definition) is 1. The van der Waals surface area contributed by atoms with Crippen molar-refractivity contribution in [3.05, 3.63) is 52.0 Å². The van der Waals surface area contributed by atoms with Gasteiger partial charge in [-0.2, -0.15) is 5.26 Å². The number of nitriles is 1. The van der Waals surface area contributed by atoms with Crippen molar-refractivity contribution in [3.63, 3.8) is 0 Å². The third-order valence-electron chi connectivity index (χ3n) is 2.40. The second kappa shape index (κ2) is 5.67. The van der Waals surface area contributed by atoms with Gasteiger partial charge in [-0.3, -0.25) is 4.98 Å². The molecule has 0 aliphatic carbocycles.